The number of piperidine rings is 1. The second-order valence-electron chi connectivity index (χ2n) is 9.16. The zero-order valence-corrected chi connectivity index (χ0v) is 24.5. The Kier molecular flexibility index (Phi) is 9.48. The van der Waals surface area contributed by atoms with Crippen LogP contribution in [-0.2, 0) is 22.4 Å². The summed E-state index contributed by atoms with van der Waals surface area (Å²) in [5.41, 5.74) is 2.29. The van der Waals surface area contributed by atoms with Gasteiger partial charge in [-0.2, -0.15) is 0 Å². The van der Waals surface area contributed by atoms with E-state index in [1.807, 2.05) is 29.2 Å². The molecule has 1 aliphatic heterocycles. The van der Waals surface area contributed by atoms with Gasteiger partial charge in [0, 0.05) is 38.4 Å². The van der Waals surface area contributed by atoms with Crippen LogP contribution in [0, 0.1) is 5.82 Å². The fraction of sp³-hybridized carbons (Fsp3) is 0.320. The maximum Gasteiger partial charge on any atom is 2.00 e. The molecule has 0 atom stereocenters. The molecule has 1 aliphatic rings. The Morgan fingerprint density at radius 3 is 2.46 bits per heavy atom. The van der Waals surface area contributed by atoms with Gasteiger partial charge in [-0.3, -0.25) is 9.36 Å². The van der Waals surface area contributed by atoms with Crippen molar-refractivity contribution in [2.45, 2.75) is 32.2 Å². The largest absolute Gasteiger partial charge is 2.00 e. The van der Waals surface area contributed by atoms with Gasteiger partial charge in [-0.25, -0.2) is 14.4 Å². The molecular formula is C25H26CaFN6O5P. The zero-order chi connectivity index (χ0) is 26.9. The number of phosphoric acid groups is 1. The van der Waals surface area contributed by atoms with Gasteiger partial charge >= 0.3 is 37.7 Å². The molecule has 5 rings (SSSR count). The number of hydrogen-bond acceptors (Lipinski definition) is 9. The summed E-state index contributed by atoms with van der Waals surface area (Å²) in [5, 5.41) is 0. The van der Waals surface area contributed by atoms with Crippen molar-refractivity contribution < 1.29 is 23.3 Å². The van der Waals surface area contributed by atoms with Gasteiger partial charge < -0.3 is 33.2 Å². The third kappa shape index (κ3) is 6.89. The molecule has 39 heavy (non-hydrogen) atoms. The molecule has 200 valence electrons. The fourth-order valence-electron chi connectivity index (χ4n) is 4.81. The van der Waals surface area contributed by atoms with Crippen LogP contribution in [0.2, 0.25) is 0 Å². The first kappa shape index (κ1) is 29.7. The zero-order valence-electron chi connectivity index (χ0n) is 21.4. The normalized spacial score (nSPS) is 14.4. The first-order chi connectivity index (χ1) is 18.2. The van der Waals surface area contributed by atoms with E-state index in [4.69, 9.17) is 4.98 Å². The maximum atomic E-state index is 13.5. The van der Waals surface area contributed by atoms with Gasteiger partial charge in [-0.1, -0.05) is 24.3 Å². The Balaban J connectivity index is 0.00000353. The molecule has 0 bridgehead atoms. The van der Waals surface area contributed by atoms with E-state index in [-0.39, 0.29) is 55.5 Å². The molecule has 11 nitrogen and oxygen atoms in total. The molecule has 0 N–H and O–H groups in total. The van der Waals surface area contributed by atoms with Crippen LogP contribution in [0.25, 0.3) is 11.0 Å². The molecule has 14 heteroatoms. The molecule has 0 aliphatic carbocycles. The van der Waals surface area contributed by atoms with Crippen LogP contribution in [0.3, 0.4) is 0 Å². The van der Waals surface area contributed by atoms with Gasteiger partial charge in [-0.15, -0.1) is 0 Å². The van der Waals surface area contributed by atoms with Crippen molar-refractivity contribution >= 4 is 68.5 Å². The van der Waals surface area contributed by atoms with Gasteiger partial charge in [0.15, 0.2) is 0 Å². The molecule has 0 radical (unpaired) electrons. The predicted octanol–water partition coefficient (Wildman–Crippen LogP) is 1.31. The van der Waals surface area contributed by atoms with E-state index in [0.29, 0.717) is 32.5 Å². The summed E-state index contributed by atoms with van der Waals surface area (Å²) in [6.45, 7) is 1.15. The van der Waals surface area contributed by atoms with Crippen molar-refractivity contribution in [2.24, 2.45) is 0 Å². The molecular weight excluding hydrogens is 554 g/mol. The maximum absolute atomic E-state index is 13.5. The van der Waals surface area contributed by atoms with Crippen LogP contribution in [0.15, 0.2) is 65.6 Å². The van der Waals surface area contributed by atoms with Crippen LogP contribution in [-0.4, -0.2) is 83.0 Å². The molecule has 0 unspecified atom stereocenters. The molecule has 1 fully saturated rings. The average Bonchev–Trinajstić information content (AvgIpc) is 3.26. The Morgan fingerprint density at radius 2 is 1.77 bits per heavy atom. The topological polar surface area (TPSA) is 132 Å². The van der Waals surface area contributed by atoms with Crippen molar-refractivity contribution in [1.29, 1.82) is 0 Å². The first-order valence-electron chi connectivity index (χ1n) is 12.1. The van der Waals surface area contributed by atoms with Crippen LogP contribution >= 0.6 is 7.82 Å². The molecule has 0 saturated carbocycles. The number of nitrogens with zero attached hydrogens (tertiary/aromatic N) is 6. The summed E-state index contributed by atoms with van der Waals surface area (Å²) < 4.78 is 31.9. The number of rotatable bonds is 8. The first-order valence-corrected chi connectivity index (χ1v) is 13.6. The van der Waals surface area contributed by atoms with E-state index >= 15 is 0 Å². The van der Waals surface area contributed by atoms with E-state index in [1.165, 1.54) is 24.4 Å². The quantitative estimate of drug-likeness (QED) is 0.224. The number of imidazole rings is 1. The Labute approximate surface area is 254 Å². The minimum absolute atomic E-state index is 0. The van der Waals surface area contributed by atoms with Crippen molar-refractivity contribution in [3.8, 4) is 0 Å². The van der Waals surface area contributed by atoms with Crippen molar-refractivity contribution in [3.05, 3.63) is 82.5 Å². The van der Waals surface area contributed by atoms with Gasteiger partial charge in [0.05, 0.1) is 25.4 Å². The number of halogens is 1. The van der Waals surface area contributed by atoms with Gasteiger partial charge in [0.1, 0.15) is 12.5 Å². The summed E-state index contributed by atoms with van der Waals surface area (Å²) in [6, 6.07) is 15.5. The summed E-state index contributed by atoms with van der Waals surface area (Å²) in [5.74, 6) is 0.755. The second-order valence-corrected chi connectivity index (χ2v) is 10.3. The van der Waals surface area contributed by atoms with Crippen molar-refractivity contribution in [3.63, 3.8) is 0 Å². The Morgan fingerprint density at radius 1 is 1.08 bits per heavy atom. The van der Waals surface area contributed by atoms with E-state index < -0.39 is 20.1 Å². The summed E-state index contributed by atoms with van der Waals surface area (Å²) >= 11 is 0. The number of hydrogen-bond donors (Lipinski definition) is 0. The number of anilines is 2. The number of benzene rings is 2. The van der Waals surface area contributed by atoms with Crippen molar-refractivity contribution in [2.75, 3.05) is 29.9 Å². The third-order valence-corrected chi connectivity index (χ3v) is 7.19. The number of para-hydroxylation sites is 2. The minimum Gasteiger partial charge on any atom is -0.790 e. The molecule has 2 aromatic heterocycles. The Bertz CT molecular complexity index is 1530. The molecule has 3 heterocycles. The van der Waals surface area contributed by atoms with Crippen LogP contribution in [0.4, 0.5) is 16.3 Å². The smallest absolute Gasteiger partial charge is 0.790 e. The third-order valence-electron chi connectivity index (χ3n) is 6.76. The van der Waals surface area contributed by atoms with Gasteiger partial charge in [0.25, 0.3) is 5.56 Å². The average molecular weight is 581 g/mol. The molecule has 2 aromatic carbocycles. The van der Waals surface area contributed by atoms with E-state index in [0.717, 1.165) is 27.1 Å². The SMILES string of the molecule is CN(c1nccc(=O)n1COP(=O)([O-])[O-])C1CCN(c2nc3ccccc3n2Cc2ccc(F)cc2)CC1.[Ca+2]. The van der Waals surface area contributed by atoms with Gasteiger partial charge in [0.2, 0.25) is 11.9 Å². The number of fused-ring (bicyclic) bond motifs is 1. The van der Waals surface area contributed by atoms with E-state index in [2.05, 4.69) is 19.0 Å². The summed E-state index contributed by atoms with van der Waals surface area (Å²) in [6.07, 6.45) is 2.76. The minimum atomic E-state index is -5.26. The second kappa shape index (κ2) is 12.5. The van der Waals surface area contributed by atoms with Crippen LogP contribution in [0.1, 0.15) is 18.4 Å². The van der Waals surface area contributed by atoms with Crippen LogP contribution < -0.4 is 25.1 Å². The molecule has 0 spiro atoms. The predicted molar refractivity (Wildman–Crippen MR) is 142 cm³/mol. The van der Waals surface area contributed by atoms with E-state index in [1.54, 1.807) is 19.2 Å². The number of phosphoric ester groups is 1. The number of aromatic nitrogens is 4. The Hall–Kier alpha value is -2.31. The van der Waals surface area contributed by atoms with E-state index in [9.17, 15) is 23.5 Å². The summed E-state index contributed by atoms with van der Waals surface area (Å²) in [7, 11) is -3.49. The molecule has 4 aromatic rings. The molecule has 0 amide bonds. The monoisotopic (exact) mass is 580 g/mol. The van der Waals surface area contributed by atoms with Crippen LogP contribution in [0.5, 0.6) is 0 Å². The summed E-state index contributed by atoms with van der Waals surface area (Å²) in [4.78, 5) is 47.4. The fourth-order valence-corrected chi connectivity index (χ4v) is 5.06. The van der Waals surface area contributed by atoms with Gasteiger partial charge in [-0.05, 0) is 42.7 Å². The molecule has 1 saturated heterocycles. The van der Waals surface area contributed by atoms with Crippen molar-refractivity contribution in [1.82, 2.24) is 19.1 Å². The standard InChI is InChI=1S/C25H28FN6O5P.Ca/c1-29(24-27-13-10-23(33)32(24)17-37-38(34,35)36)20-11-14-30(15-12-20)25-28-21-4-2-3-5-22(21)31(25)16-18-6-8-19(26)9-7-18;/h2-10,13,20H,11-12,14-17H2,1H3,(H2,34,35,36);/q;+2/p-2.